The van der Waals surface area contributed by atoms with Crippen molar-refractivity contribution in [3.05, 3.63) is 53.9 Å². The molecule has 1 saturated heterocycles. The Kier molecular flexibility index (Phi) is 5.63. The summed E-state index contributed by atoms with van der Waals surface area (Å²) in [6, 6.07) is 8.12. The molecule has 186 valence electrons. The van der Waals surface area contributed by atoms with Crippen molar-refractivity contribution in [1.82, 2.24) is 24.6 Å². The van der Waals surface area contributed by atoms with Crippen molar-refractivity contribution in [3.63, 3.8) is 0 Å². The van der Waals surface area contributed by atoms with Gasteiger partial charge in [0.15, 0.2) is 5.82 Å². The lowest BCUT2D eigenvalue weighted by Crippen LogP contribution is -2.27. The molecule has 1 aliphatic heterocycles. The van der Waals surface area contributed by atoms with Crippen molar-refractivity contribution in [2.75, 3.05) is 12.3 Å². The highest BCUT2D eigenvalue weighted by Crippen LogP contribution is 2.43. The predicted molar refractivity (Wildman–Crippen MR) is 139 cm³/mol. The number of aromatic nitrogens is 5. The third kappa shape index (κ3) is 4.19. The highest BCUT2D eigenvalue weighted by atomic mass is 16.6. The molecule has 1 spiro atoms. The number of nitrogen functional groups attached to an aromatic ring is 1. The zero-order chi connectivity index (χ0) is 24.9. The molecule has 1 atom stereocenters. The summed E-state index contributed by atoms with van der Waals surface area (Å²) in [6.07, 6.45) is 11.0. The zero-order valence-electron chi connectivity index (χ0n) is 21.1. The first-order chi connectivity index (χ1) is 17.4. The number of nitrogens with two attached hydrogens (primary N) is 1. The Morgan fingerprint density at radius 2 is 1.92 bits per heavy atom. The first-order valence-corrected chi connectivity index (χ1v) is 12.8. The molecule has 2 N–H and O–H groups in total. The summed E-state index contributed by atoms with van der Waals surface area (Å²) in [6.45, 7) is 6.36. The summed E-state index contributed by atoms with van der Waals surface area (Å²) in [7, 11) is 0. The number of hydrogen-bond donors (Lipinski definition) is 1. The van der Waals surface area contributed by atoms with E-state index in [1.165, 1.54) is 25.7 Å². The molecule has 2 aliphatic rings. The summed E-state index contributed by atoms with van der Waals surface area (Å²) in [5.41, 5.74) is 12.7. The van der Waals surface area contributed by atoms with Crippen molar-refractivity contribution in [1.29, 1.82) is 0 Å². The van der Waals surface area contributed by atoms with Gasteiger partial charge in [-0.15, -0.1) is 5.10 Å². The maximum atomic E-state index is 6.46. The van der Waals surface area contributed by atoms with E-state index in [-0.39, 0.29) is 11.7 Å². The van der Waals surface area contributed by atoms with Gasteiger partial charge in [-0.2, -0.15) is 0 Å². The molecule has 0 aromatic carbocycles. The average Bonchev–Trinajstić information content (AvgIpc) is 3.56. The van der Waals surface area contributed by atoms with Crippen LogP contribution in [-0.2, 0) is 4.74 Å². The molecule has 6 rings (SSSR count). The Morgan fingerprint density at radius 3 is 2.72 bits per heavy atom. The van der Waals surface area contributed by atoms with E-state index >= 15 is 0 Å². The van der Waals surface area contributed by atoms with E-state index in [2.05, 4.69) is 32.2 Å². The molecular weight excluding hydrogens is 452 g/mol. The second-order valence-corrected chi connectivity index (χ2v) is 10.2. The van der Waals surface area contributed by atoms with E-state index in [9.17, 15) is 0 Å². The number of ether oxygens (including phenoxy) is 2. The van der Waals surface area contributed by atoms with Crippen LogP contribution in [0.2, 0.25) is 0 Å². The topological polar surface area (TPSA) is 100 Å². The van der Waals surface area contributed by atoms with Gasteiger partial charge in [0.05, 0.1) is 34.7 Å². The highest BCUT2D eigenvalue weighted by Gasteiger charge is 2.42. The second-order valence-electron chi connectivity index (χ2n) is 10.2. The fourth-order valence-electron chi connectivity index (χ4n) is 5.81. The number of fused-ring (bicyclic) bond motifs is 1. The summed E-state index contributed by atoms with van der Waals surface area (Å²) in [5, 5.41) is 4.52. The Hall–Kier alpha value is -3.52. The second kappa shape index (κ2) is 8.85. The van der Waals surface area contributed by atoms with Crippen LogP contribution < -0.4 is 10.5 Å². The lowest BCUT2D eigenvalue weighted by molar-refractivity contribution is -0.0508. The van der Waals surface area contributed by atoms with Gasteiger partial charge in [-0.1, -0.05) is 12.8 Å². The SMILES string of the molecule is Cc1cc(-c2ccn3nc(N)c(-c4cc(C)nc(C)n4)c3c2)c(OCC2CCC3(CCCC3)O2)cn1. The molecule has 0 bridgehead atoms. The van der Waals surface area contributed by atoms with Crippen LogP contribution in [0, 0.1) is 20.8 Å². The van der Waals surface area contributed by atoms with Crippen LogP contribution >= 0.6 is 0 Å². The van der Waals surface area contributed by atoms with Gasteiger partial charge in [0.25, 0.3) is 0 Å². The van der Waals surface area contributed by atoms with Crippen LogP contribution in [0.25, 0.3) is 27.9 Å². The van der Waals surface area contributed by atoms with Crippen LogP contribution in [-0.4, -0.2) is 42.9 Å². The molecule has 36 heavy (non-hydrogen) atoms. The number of anilines is 1. The number of rotatable bonds is 5. The van der Waals surface area contributed by atoms with Crippen molar-refractivity contribution in [3.8, 4) is 28.1 Å². The average molecular weight is 485 g/mol. The van der Waals surface area contributed by atoms with E-state index in [1.54, 1.807) is 4.52 Å². The normalized spacial score (nSPS) is 18.9. The van der Waals surface area contributed by atoms with Crippen LogP contribution in [0.5, 0.6) is 5.75 Å². The molecule has 1 saturated carbocycles. The third-order valence-electron chi connectivity index (χ3n) is 7.48. The molecule has 1 unspecified atom stereocenters. The van der Waals surface area contributed by atoms with E-state index in [0.717, 1.165) is 57.9 Å². The van der Waals surface area contributed by atoms with Gasteiger partial charge < -0.3 is 15.2 Å². The quantitative estimate of drug-likeness (QED) is 0.414. The van der Waals surface area contributed by atoms with Crippen LogP contribution in [0.3, 0.4) is 0 Å². The van der Waals surface area contributed by atoms with E-state index < -0.39 is 0 Å². The molecule has 4 aromatic rings. The standard InChI is InChI=1S/C28H32N6O2/c1-17-12-22(25(15-30-17)35-16-21-6-10-28(36-21)8-4-5-9-28)20-7-11-34-24(14-20)26(27(29)33-34)23-13-18(2)31-19(3)32-23/h7,11-15,21H,4-6,8-10,16H2,1-3H3,(H2,29,33). The van der Waals surface area contributed by atoms with Crippen LogP contribution in [0.15, 0.2) is 36.7 Å². The minimum atomic E-state index is 0.101. The molecule has 2 fully saturated rings. The molecule has 5 heterocycles. The van der Waals surface area contributed by atoms with Gasteiger partial charge in [-0.05, 0) is 76.3 Å². The summed E-state index contributed by atoms with van der Waals surface area (Å²) < 4.78 is 14.6. The van der Waals surface area contributed by atoms with Crippen LogP contribution in [0.1, 0.15) is 55.7 Å². The maximum Gasteiger partial charge on any atom is 0.156 e. The minimum absolute atomic E-state index is 0.101. The van der Waals surface area contributed by atoms with Crippen molar-refractivity contribution in [2.24, 2.45) is 0 Å². The van der Waals surface area contributed by atoms with Gasteiger partial charge in [-0.3, -0.25) is 4.98 Å². The van der Waals surface area contributed by atoms with Crippen LogP contribution in [0.4, 0.5) is 5.82 Å². The van der Waals surface area contributed by atoms with Gasteiger partial charge >= 0.3 is 0 Å². The van der Waals surface area contributed by atoms with Gasteiger partial charge in [0.2, 0.25) is 0 Å². The summed E-state index contributed by atoms with van der Waals surface area (Å²) in [5.74, 6) is 1.89. The van der Waals surface area contributed by atoms with Gasteiger partial charge in [0, 0.05) is 23.1 Å². The summed E-state index contributed by atoms with van der Waals surface area (Å²) in [4.78, 5) is 13.5. The number of pyridine rings is 2. The first-order valence-electron chi connectivity index (χ1n) is 12.8. The molecule has 4 aromatic heterocycles. The monoisotopic (exact) mass is 484 g/mol. The van der Waals surface area contributed by atoms with E-state index in [0.29, 0.717) is 18.2 Å². The van der Waals surface area contributed by atoms with Crippen molar-refractivity contribution in [2.45, 2.75) is 71.0 Å². The molecule has 8 heteroatoms. The first kappa shape index (κ1) is 22.9. The van der Waals surface area contributed by atoms with E-state index in [1.807, 2.05) is 45.3 Å². The van der Waals surface area contributed by atoms with Gasteiger partial charge in [0.1, 0.15) is 18.2 Å². The molecule has 0 radical (unpaired) electrons. The number of hydrogen-bond acceptors (Lipinski definition) is 7. The minimum Gasteiger partial charge on any atom is -0.489 e. The lowest BCUT2D eigenvalue weighted by atomic mass is 9.98. The largest absolute Gasteiger partial charge is 0.489 e. The third-order valence-corrected chi connectivity index (χ3v) is 7.48. The maximum absolute atomic E-state index is 6.46. The predicted octanol–water partition coefficient (Wildman–Crippen LogP) is 5.23. The molecule has 1 aliphatic carbocycles. The molecule has 0 amide bonds. The zero-order valence-corrected chi connectivity index (χ0v) is 21.1. The van der Waals surface area contributed by atoms with Crippen molar-refractivity contribution < 1.29 is 9.47 Å². The fraction of sp³-hybridized carbons (Fsp3) is 0.429. The summed E-state index contributed by atoms with van der Waals surface area (Å²) >= 11 is 0. The van der Waals surface area contributed by atoms with Gasteiger partial charge in [-0.25, -0.2) is 14.5 Å². The smallest absolute Gasteiger partial charge is 0.156 e. The Labute approximate surface area is 210 Å². The molecule has 8 nitrogen and oxygen atoms in total. The highest BCUT2D eigenvalue weighted by molar-refractivity contribution is 5.89. The Balaban J connectivity index is 1.33. The van der Waals surface area contributed by atoms with Crippen molar-refractivity contribution >= 4 is 11.3 Å². The Morgan fingerprint density at radius 1 is 1.08 bits per heavy atom. The number of nitrogens with zero attached hydrogens (tertiary/aromatic N) is 5. The van der Waals surface area contributed by atoms with E-state index in [4.69, 9.17) is 15.2 Å². The molecular formula is C28H32N6O2. The number of aryl methyl sites for hydroxylation is 3. The fourth-order valence-corrected chi connectivity index (χ4v) is 5.81. The Bertz CT molecular complexity index is 1420. The lowest BCUT2D eigenvalue weighted by Gasteiger charge is -2.24.